The maximum absolute atomic E-state index is 5.99. The summed E-state index contributed by atoms with van der Waals surface area (Å²) in [5, 5.41) is 0.570. The van der Waals surface area contributed by atoms with Crippen molar-refractivity contribution in [3.8, 4) is 18.1 Å². The predicted octanol–water partition coefficient (Wildman–Crippen LogP) is 4.02. The van der Waals surface area contributed by atoms with Gasteiger partial charge in [-0.15, -0.1) is 6.42 Å². The van der Waals surface area contributed by atoms with E-state index < -0.39 is 0 Å². The molecule has 0 spiro atoms. The van der Waals surface area contributed by atoms with Crippen molar-refractivity contribution in [2.75, 3.05) is 7.11 Å². The second kappa shape index (κ2) is 4.47. The summed E-state index contributed by atoms with van der Waals surface area (Å²) >= 11 is 9.44. The summed E-state index contributed by atoms with van der Waals surface area (Å²) < 4.78 is 6.06. The van der Waals surface area contributed by atoms with Crippen molar-refractivity contribution in [1.29, 1.82) is 0 Å². The molecule has 0 saturated heterocycles. The van der Waals surface area contributed by atoms with Gasteiger partial charge in [0.2, 0.25) is 0 Å². The van der Waals surface area contributed by atoms with E-state index in [-0.39, 0.29) is 5.41 Å². The van der Waals surface area contributed by atoms with Gasteiger partial charge >= 0.3 is 0 Å². The standard InChI is InChI=1S/C12H12BrClO/c1-5-12(2,3)8-6-11(15-4)10(14)7-9(8)13/h1,6-7H,2-4H3. The van der Waals surface area contributed by atoms with Crippen LogP contribution in [0.3, 0.4) is 0 Å². The molecule has 0 heterocycles. The molecule has 0 unspecified atom stereocenters. The number of terminal acetylenes is 1. The van der Waals surface area contributed by atoms with E-state index in [1.165, 1.54) is 0 Å². The van der Waals surface area contributed by atoms with Gasteiger partial charge in [0.25, 0.3) is 0 Å². The van der Waals surface area contributed by atoms with Crippen LogP contribution >= 0.6 is 27.5 Å². The van der Waals surface area contributed by atoms with Gasteiger partial charge in [-0.1, -0.05) is 33.5 Å². The fourth-order valence-electron chi connectivity index (χ4n) is 1.24. The quantitative estimate of drug-likeness (QED) is 0.747. The summed E-state index contributed by atoms with van der Waals surface area (Å²) in [6.07, 6.45) is 5.49. The lowest BCUT2D eigenvalue weighted by molar-refractivity contribution is 0.413. The third-order valence-corrected chi connectivity index (χ3v) is 3.23. The average Bonchev–Trinajstić information content (AvgIpc) is 2.17. The highest BCUT2D eigenvalue weighted by Gasteiger charge is 2.22. The number of benzene rings is 1. The van der Waals surface area contributed by atoms with E-state index in [0.29, 0.717) is 10.8 Å². The van der Waals surface area contributed by atoms with Crippen LogP contribution in [0.4, 0.5) is 0 Å². The molecular weight excluding hydrogens is 275 g/mol. The summed E-state index contributed by atoms with van der Waals surface area (Å²) in [5.41, 5.74) is 0.641. The van der Waals surface area contributed by atoms with Gasteiger partial charge in [-0.25, -0.2) is 0 Å². The first-order valence-corrected chi connectivity index (χ1v) is 5.60. The SMILES string of the molecule is C#CC(C)(C)c1cc(OC)c(Cl)cc1Br. The van der Waals surface area contributed by atoms with Crippen LogP contribution in [0.2, 0.25) is 5.02 Å². The fourth-order valence-corrected chi connectivity index (χ4v) is 2.45. The van der Waals surface area contributed by atoms with Gasteiger partial charge < -0.3 is 4.74 Å². The Morgan fingerprint density at radius 1 is 1.47 bits per heavy atom. The number of hydrogen-bond donors (Lipinski definition) is 0. The summed E-state index contributed by atoms with van der Waals surface area (Å²) in [7, 11) is 1.59. The van der Waals surface area contributed by atoms with Crippen LogP contribution in [0.25, 0.3) is 0 Å². The number of methoxy groups -OCH3 is 1. The van der Waals surface area contributed by atoms with Crippen molar-refractivity contribution in [3.63, 3.8) is 0 Å². The van der Waals surface area contributed by atoms with Gasteiger partial charge in [-0.05, 0) is 31.5 Å². The van der Waals surface area contributed by atoms with E-state index >= 15 is 0 Å². The topological polar surface area (TPSA) is 9.23 Å². The molecule has 0 fully saturated rings. The van der Waals surface area contributed by atoms with Crippen LogP contribution < -0.4 is 4.74 Å². The normalized spacial score (nSPS) is 10.9. The molecule has 0 atom stereocenters. The Bertz CT molecular complexity index is 418. The molecule has 15 heavy (non-hydrogen) atoms. The Labute approximate surface area is 104 Å². The number of rotatable bonds is 2. The Balaban J connectivity index is 3.38. The van der Waals surface area contributed by atoms with Gasteiger partial charge in [0.1, 0.15) is 5.75 Å². The molecule has 0 aliphatic carbocycles. The van der Waals surface area contributed by atoms with Gasteiger partial charge in [0.05, 0.1) is 17.5 Å². The van der Waals surface area contributed by atoms with E-state index in [9.17, 15) is 0 Å². The number of hydrogen-bond acceptors (Lipinski definition) is 1. The lowest BCUT2D eigenvalue weighted by Gasteiger charge is -2.21. The molecule has 0 aliphatic rings. The Kier molecular flexibility index (Phi) is 3.70. The van der Waals surface area contributed by atoms with E-state index in [0.717, 1.165) is 10.0 Å². The molecule has 0 N–H and O–H groups in total. The lowest BCUT2D eigenvalue weighted by atomic mass is 9.85. The first-order valence-electron chi connectivity index (χ1n) is 4.43. The molecule has 0 aliphatic heterocycles. The van der Waals surface area contributed by atoms with Crippen LogP contribution in [0.5, 0.6) is 5.75 Å². The third-order valence-electron chi connectivity index (χ3n) is 2.28. The first-order chi connectivity index (χ1) is 6.92. The zero-order chi connectivity index (χ0) is 11.6. The molecule has 1 nitrogen and oxygen atoms in total. The highest BCUT2D eigenvalue weighted by atomic mass is 79.9. The summed E-state index contributed by atoms with van der Waals surface area (Å²) in [4.78, 5) is 0. The van der Waals surface area contributed by atoms with Crippen LogP contribution in [0.1, 0.15) is 19.4 Å². The zero-order valence-corrected chi connectivity index (χ0v) is 11.2. The van der Waals surface area contributed by atoms with Crippen molar-refractivity contribution in [2.45, 2.75) is 19.3 Å². The minimum atomic E-state index is -0.350. The summed E-state index contributed by atoms with van der Waals surface area (Å²) in [6, 6.07) is 3.67. The highest BCUT2D eigenvalue weighted by molar-refractivity contribution is 9.10. The van der Waals surface area contributed by atoms with Crippen molar-refractivity contribution < 1.29 is 4.74 Å². The van der Waals surface area contributed by atoms with Gasteiger partial charge in [0, 0.05) is 4.47 Å². The van der Waals surface area contributed by atoms with E-state index in [1.54, 1.807) is 13.2 Å². The minimum Gasteiger partial charge on any atom is -0.495 e. The molecular formula is C12H12BrClO. The Morgan fingerprint density at radius 2 is 2.07 bits per heavy atom. The van der Waals surface area contributed by atoms with Crippen LogP contribution in [-0.4, -0.2) is 7.11 Å². The van der Waals surface area contributed by atoms with Gasteiger partial charge in [-0.3, -0.25) is 0 Å². The Morgan fingerprint density at radius 3 is 2.53 bits per heavy atom. The molecule has 0 bridgehead atoms. The smallest absolute Gasteiger partial charge is 0.137 e. The van der Waals surface area contributed by atoms with Crippen molar-refractivity contribution in [1.82, 2.24) is 0 Å². The monoisotopic (exact) mass is 286 g/mol. The van der Waals surface area contributed by atoms with Gasteiger partial charge in [-0.2, -0.15) is 0 Å². The molecule has 0 saturated carbocycles. The first kappa shape index (κ1) is 12.4. The van der Waals surface area contributed by atoms with E-state index in [4.69, 9.17) is 22.8 Å². The second-order valence-corrected chi connectivity index (χ2v) is 5.00. The second-order valence-electron chi connectivity index (χ2n) is 3.74. The van der Waals surface area contributed by atoms with Crippen molar-refractivity contribution in [2.24, 2.45) is 0 Å². The van der Waals surface area contributed by atoms with Gasteiger partial charge in [0.15, 0.2) is 0 Å². The number of ether oxygens (including phenoxy) is 1. The molecule has 1 aromatic carbocycles. The molecule has 0 radical (unpaired) electrons. The Hall–Kier alpha value is -0.650. The molecule has 0 aromatic heterocycles. The molecule has 3 heteroatoms. The largest absolute Gasteiger partial charge is 0.495 e. The summed E-state index contributed by atoms with van der Waals surface area (Å²) in [5.74, 6) is 3.38. The molecule has 1 rings (SSSR count). The minimum absolute atomic E-state index is 0.350. The number of halogens is 2. The van der Waals surface area contributed by atoms with Crippen molar-refractivity contribution in [3.05, 3.63) is 27.2 Å². The molecule has 80 valence electrons. The molecule has 0 amide bonds. The maximum Gasteiger partial charge on any atom is 0.137 e. The van der Waals surface area contributed by atoms with E-state index in [1.807, 2.05) is 19.9 Å². The highest BCUT2D eigenvalue weighted by Crippen LogP contribution is 2.37. The van der Waals surface area contributed by atoms with Crippen LogP contribution in [-0.2, 0) is 5.41 Å². The zero-order valence-electron chi connectivity index (χ0n) is 8.90. The van der Waals surface area contributed by atoms with Crippen LogP contribution in [0.15, 0.2) is 16.6 Å². The fraction of sp³-hybridized carbons (Fsp3) is 0.333. The summed E-state index contributed by atoms with van der Waals surface area (Å²) in [6.45, 7) is 3.95. The van der Waals surface area contributed by atoms with Crippen LogP contribution in [0, 0.1) is 12.3 Å². The maximum atomic E-state index is 5.99. The predicted molar refractivity (Wildman–Crippen MR) is 67.6 cm³/mol. The average molecular weight is 288 g/mol. The van der Waals surface area contributed by atoms with Crippen molar-refractivity contribution >= 4 is 27.5 Å². The molecule has 1 aromatic rings. The third kappa shape index (κ3) is 2.48. The van der Waals surface area contributed by atoms with E-state index in [2.05, 4.69) is 21.9 Å². The lowest BCUT2D eigenvalue weighted by Crippen LogP contribution is -2.14.